The molecule has 11 heavy (non-hydrogen) atoms. The molecule has 0 spiro atoms. The maximum Gasteiger partial charge on any atom is 0.00854 e. The third-order valence-corrected chi connectivity index (χ3v) is 3.48. The van der Waals surface area contributed by atoms with Crippen molar-refractivity contribution in [1.29, 1.82) is 0 Å². The van der Waals surface area contributed by atoms with E-state index in [1.54, 1.807) is 0 Å². The molecule has 0 rings (SSSR count). The van der Waals surface area contributed by atoms with E-state index in [9.17, 15) is 0 Å². The summed E-state index contributed by atoms with van der Waals surface area (Å²) in [6.07, 6.45) is 7.00. The minimum Gasteiger partial charge on any atom is -0.103 e. The molecule has 0 aromatic carbocycles. The molecule has 0 bridgehead atoms. The molecule has 66 valence electrons. The Morgan fingerprint density at radius 2 is 2.09 bits per heavy atom. The van der Waals surface area contributed by atoms with Gasteiger partial charge in [-0.15, -0.1) is 6.58 Å². The number of allylic oxidation sites excluding steroid dienone is 1. The minimum atomic E-state index is 0.489. The Morgan fingerprint density at radius 1 is 1.45 bits per heavy atom. The highest BCUT2D eigenvalue weighted by atomic mass is 79.9. The molecule has 1 unspecified atom stereocenters. The largest absolute Gasteiger partial charge is 0.103 e. The van der Waals surface area contributed by atoms with E-state index in [1.807, 2.05) is 6.08 Å². The van der Waals surface area contributed by atoms with Gasteiger partial charge in [0.05, 0.1) is 0 Å². The molecule has 0 aliphatic rings. The Morgan fingerprint density at radius 3 is 2.45 bits per heavy atom. The molecule has 0 saturated heterocycles. The van der Waals surface area contributed by atoms with Crippen LogP contribution >= 0.6 is 15.9 Å². The highest BCUT2D eigenvalue weighted by Crippen LogP contribution is 2.31. The van der Waals surface area contributed by atoms with Crippen molar-refractivity contribution in [1.82, 2.24) is 0 Å². The van der Waals surface area contributed by atoms with Gasteiger partial charge in [0.25, 0.3) is 0 Å². The molecular weight excluding hydrogens is 200 g/mol. The highest BCUT2D eigenvalue weighted by molar-refractivity contribution is 9.09. The molecule has 0 aromatic rings. The molecule has 0 amide bonds. The zero-order chi connectivity index (χ0) is 8.74. The molecule has 0 aliphatic heterocycles. The summed E-state index contributed by atoms with van der Waals surface area (Å²) in [5, 5.41) is 1.11. The Hall–Kier alpha value is 0.220. The lowest BCUT2D eigenvalue weighted by Crippen LogP contribution is -2.17. The van der Waals surface area contributed by atoms with E-state index in [0.29, 0.717) is 5.41 Å². The maximum absolute atomic E-state index is 3.74. The summed E-state index contributed by atoms with van der Waals surface area (Å²) in [6.45, 7) is 8.33. The van der Waals surface area contributed by atoms with Gasteiger partial charge in [0.1, 0.15) is 0 Å². The van der Waals surface area contributed by atoms with Gasteiger partial charge in [0.2, 0.25) is 0 Å². The van der Waals surface area contributed by atoms with Crippen LogP contribution in [0.4, 0.5) is 0 Å². The van der Waals surface area contributed by atoms with Gasteiger partial charge in [-0.05, 0) is 24.7 Å². The average Bonchev–Trinajstić information content (AvgIpc) is 2.02. The Bertz CT molecular complexity index is 109. The van der Waals surface area contributed by atoms with Crippen molar-refractivity contribution in [3.05, 3.63) is 12.7 Å². The fourth-order valence-corrected chi connectivity index (χ4v) is 1.87. The van der Waals surface area contributed by atoms with E-state index in [0.717, 1.165) is 11.8 Å². The second-order valence-corrected chi connectivity index (χ2v) is 4.08. The fourth-order valence-electron chi connectivity index (χ4n) is 1.31. The van der Waals surface area contributed by atoms with Crippen LogP contribution in [0.1, 0.15) is 39.5 Å². The molecule has 0 heterocycles. The molecule has 1 atom stereocenters. The Labute approximate surface area is 79.2 Å². The lowest BCUT2D eigenvalue weighted by atomic mass is 9.83. The third kappa shape index (κ3) is 4.62. The van der Waals surface area contributed by atoms with Crippen LogP contribution in [0, 0.1) is 5.41 Å². The summed E-state index contributed by atoms with van der Waals surface area (Å²) in [5.74, 6) is 0. The van der Waals surface area contributed by atoms with Gasteiger partial charge in [-0.2, -0.15) is 0 Å². The second-order valence-electron chi connectivity index (χ2n) is 3.52. The van der Waals surface area contributed by atoms with Crippen LogP contribution in [0.2, 0.25) is 0 Å². The lowest BCUT2D eigenvalue weighted by molar-refractivity contribution is 0.318. The van der Waals surface area contributed by atoms with Gasteiger partial charge in [-0.1, -0.05) is 42.3 Å². The lowest BCUT2D eigenvalue weighted by Gasteiger charge is -2.26. The normalized spacial score (nSPS) is 15.9. The molecule has 0 fully saturated rings. The van der Waals surface area contributed by atoms with Crippen LogP contribution in [0.15, 0.2) is 12.7 Å². The fraction of sp³-hybridized carbons (Fsp3) is 0.800. The van der Waals surface area contributed by atoms with E-state index in [1.165, 1.54) is 19.3 Å². The van der Waals surface area contributed by atoms with E-state index in [4.69, 9.17) is 0 Å². The van der Waals surface area contributed by atoms with Crippen molar-refractivity contribution in [2.45, 2.75) is 39.5 Å². The molecule has 0 nitrogen and oxygen atoms in total. The number of hydrogen-bond donors (Lipinski definition) is 0. The van der Waals surface area contributed by atoms with Gasteiger partial charge < -0.3 is 0 Å². The smallest absolute Gasteiger partial charge is 0.00854 e. The van der Waals surface area contributed by atoms with Gasteiger partial charge >= 0.3 is 0 Å². The zero-order valence-electron chi connectivity index (χ0n) is 7.70. The highest BCUT2D eigenvalue weighted by Gasteiger charge is 2.20. The van der Waals surface area contributed by atoms with Crippen LogP contribution in [-0.4, -0.2) is 5.33 Å². The van der Waals surface area contributed by atoms with Crippen LogP contribution in [0.3, 0.4) is 0 Å². The molecular formula is C10H19Br. The minimum absolute atomic E-state index is 0.489. The van der Waals surface area contributed by atoms with Crippen molar-refractivity contribution in [2.75, 3.05) is 5.33 Å². The molecule has 0 radical (unpaired) electrons. The maximum atomic E-state index is 3.74. The summed E-state index contributed by atoms with van der Waals surface area (Å²) in [4.78, 5) is 0. The van der Waals surface area contributed by atoms with Crippen LogP contribution < -0.4 is 0 Å². The van der Waals surface area contributed by atoms with Crippen LogP contribution in [0.5, 0.6) is 0 Å². The first-order valence-corrected chi connectivity index (χ1v) is 5.47. The first-order valence-electron chi connectivity index (χ1n) is 4.35. The molecule has 0 aliphatic carbocycles. The monoisotopic (exact) mass is 218 g/mol. The second kappa shape index (κ2) is 5.82. The quantitative estimate of drug-likeness (QED) is 0.465. The molecule has 0 aromatic heterocycles. The van der Waals surface area contributed by atoms with Crippen molar-refractivity contribution in [3.8, 4) is 0 Å². The first-order chi connectivity index (χ1) is 5.18. The van der Waals surface area contributed by atoms with Crippen LogP contribution in [0.25, 0.3) is 0 Å². The van der Waals surface area contributed by atoms with E-state index < -0.39 is 0 Å². The van der Waals surface area contributed by atoms with E-state index >= 15 is 0 Å². The molecule has 1 heteroatoms. The standard InChI is InChI=1S/C10H19Br/c1-4-6-8-10(3,9-11)7-5-2/h4H,1,5-9H2,2-3H3. The molecule has 0 saturated carbocycles. The zero-order valence-corrected chi connectivity index (χ0v) is 9.28. The SMILES string of the molecule is C=CCCC(C)(CBr)CCC. The first kappa shape index (κ1) is 11.2. The predicted molar refractivity (Wildman–Crippen MR) is 56.2 cm³/mol. The van der Waals surface area contributed by atoms with E-state index in [2.05, 4.69) is 36.4 Å². The van der Waals surface area contributed by atoms with Crippen molar-refractivity contribution >= 4 is 15.9 Å². The Kier molecular flexibility index (Phi) is 5.93. The average molecular weight is 219 g/mol. The summed E-state index contributed by atoms with van der Waals surface area (Å²) >= 11 is 3.57. The van der Waals surface area contributed by atoms with E-state index in [-0.39, 0.29) is 0 Å². The van der Waals surface area contributed by atoms with Gasteiger partial charge in [-0.3, -0.25) is 0 Å². The van der Waals surface area contributed by atoms with Gasteiger partial charge in [-0.25, -0.2) is 0 Å². The van der Waals surface area contributed by atoms with Crippen molar-refractivity contribution in [2.24, 2.45) is 5.41 Å². The van der Waals surface area contributed by atoms with Crippen LogP contribution in [-0.2, 0) is 0 Å². The topological polar surface area (TPSA) is 0 Å². The number of rotatable bonds is 6. The third-order valence-electron chi connectivity index (χ3n) is 2.13. The Balaban J connectivity index is 3.76. The summed E-state index contributed by atoms with van der Waals surface area (Å²) in [7, 11) is 0. The number of halogens is 1. The van der Waals surface area contributed by atoms with Crippen molar-refractivity contribution in [3.63, 3.8) is 0 Å². The van der Waals surface area contributed by atoms with Gasteiger partial charge in [0.15, 0.2) is 0 Å². The molecule has 0 N–H and O–H groups in total. The van der Waals surface area contributed by atoms with Gasteiger partial charge in [0, 0.05) is 5.33 Å². The number of alkyl halides is 1. The predicted octanol–water partition coefficient (Wildman–Crippen LogP) is 4.15. The number of hydrogen-bond acceptors (Lipinski definition) is 0. The summed E-state index contributed by atoms with van der Waals surface area (Å²) in [5.41, 5.74) is 0.489. The summed E-state index contributed by atoms with van der Waals surface area (Å²) in [6, 6.07) is 0. The summed E-state index contributed by atoms with van der Waals surface area (Å²) < 4.78 is 0. The van der Waals surface area contributed by atoms with Crippen molar-refractivity contribution < 1.29 is 0 Å².